The second-order valence-corrected chi connectivity index (χ2v) is 5.17. The van der Waals surface area contributed by atoms with Crippen molar-refractivity contribution in [2.75, 3.05) is 39.4 Å². The molecule has 1 N–H and O–H groups in total. The summed E-state index contributed by atoms with van der Waals surface area (Å²) < 4.78 is 5.54. The number of nitrogens with one attached hydrogen (secondary N) is 1. The summed E-state index contributed by atoms with van der Waals surface area (Å²) in [5, 5.41) is 3.50. The Morgan fingerprint density at radius 3 is 3.12 bits per heavy atom. The molecule has 2 unspecified atom stereocenters. The smallest absolute Gasteiger partial charge is 0.0622 e. The van der Waals surface area contributed by atoms with Crippen LogP contribution in [0.25, 0.3) is 0 Å². The number of nitrogens with zero attached hydrogens (tertiary/aromatic N) is 1. The third-order valence-electron chi connectivity index (χ3n) is 4.04. The number of hydrogen-bond acceptors (Lipinski definition) is 3. The lowest BCUT2D eigenvalue weighted by Gasteiger charge is -2.36. The molecular formula is C13H26N2O. The normalized spacial score (nSPS) is 32.8. The largest absolute Gasteiger partial charge is 0.378 e. The molecule has 0 aromatic heterocycles. The Morgan fingerprint density at radius 1 is 1.44 bits per heavy atom. The molecule has 0 bridgehead atoms. The van der Waals surface area contributed by atoms with Crippen LogP contribution in [0.15, 0.2) is 0 Å². The molecule has 2 saturated heterocycles. The van der Waals surface area contributed by atoms with Crippen LogP contribution < -0.4 is 5.32 Å². The van der Waals surface area contributed by atoms with E-state index in [1.54, 1.807) is 0 Å². The quantitative estimate of drug-likeness (QED) is 0.786. The van der Waals surface area contributed by atoms with E-state index < -0.39 is 0 Å². The fourth-order valence-electron chi connectivity index (χ4n) is 2.88. The summed E-state index contributed by atoms with van der Waals surface area (Å²) in [5.41, 5.74) is 0. The SMILES string of the molecule is CCC1COCCN1CCC1CCCNC1. The summed E-state index contributed by atoms with van der Waals surface area (Å²) in [6, 6.07) is 0.672. The summed E-state index contributed by atoms with van der Waals surface area (Å²) >= 11 is 0. The average Bonchev–Trinajstić information content (AvgIpc) is 2.38. The summed E-state index contributed by atoms with van der Waals surface area (Å²) in [4.78, 5) is 2.64. The van der Waals surface area contributed by atoms with Crippen molar-refractivity contribution in [2.45, 2.75) is 38.6 Å². The Morgan fingerprint density at radius 2 is 2.38 bits per heavy atom. The fraction of sp³-hybridized carbons (Fsp3) is 1.00. The van der Waals surface area contributed by atoms with Gasteiger partial charge in [-0.15, -0.1) is 0 Å². The van der Waals surface area contributed by atoms with Crippen molar-refractivity contribution in [1.29, 1.82) is 0 Å². The Hall–Kier alpha value is -0.120. The summed E-state index contributed by atoms with van der Waals surface area (Å²) in [5.74, 6) is 0.911. The lowest BCUT2D eigenvalue weighted by atomic mass is 9.95. The number of morpholine rings is 1. The van der Waals surface area contributed by atoms with E-state index in [9.17, 15) is 0 Å². The molecule has 94 valence electrons. The summed E-state index contributed by atoms with van der Waals surface area (Å²) in [6.07, 6.45) is 5.38. The lowest BCUT2D eigenvalue weighted by molar-refractivity contribution is -0.0111. The van der Waals surface area contributed by atoms with Crippen LogP contribution in [-0.2, 0) is 4.74 Å². The zero-order valence-electron chi connectivity index (χ0n) is 10.6. The maximum absolute atomic E-state index is 5.54. The lowest BCUT2D eigenvalue weighted by Crippen LogP contribution is -2.46. The van der Waals surface area contributed by atoms with Crippen LogP contribution in [0.3, 0.4) is 0 Å². The van der Waals surface area contributed by atoms with Gasteiger partial charge in [0.1, 0.15) is 0 Å². The van der Waals surface area contributed by atoms with E-state index in [0.29, 0.717) is 6.04 Å². The van der Waals surface area contributed by atoms with Crippen molar-refractivity contribution < 1.29 is 4.74 Å². The maximum atomic E-state index is 5.54. The van der Waals surface area contributed by atoms with Gasteiger partial charge in [-0.05, 0) is 51.2 Å². The van der Waals surface area contributed by atoms with E-state index in [2.05, 4.69) is 17.1 Å². The highest BCUT2D eigenvalue weighted by Crippen LogP contribution is 2.17. The van der Waals surface area contributed by atoms with Crippen LogP contribution in [-0.4, -0.2) is 50.3 Å². The molecule has 0 aliphatic carbocycles. The van der Waals surface area contributed by atoms with Crippen LogP contribution in [0.4, 0.5) is 0 Å². The topological polar surface area (TPSA) is 24.5 Å². The average molecular weight is 226 g/mol. The van der Waals surface area contributed by atoms with Crippen LogP contribution >= 0.6 is 0 Å². The molecule has 2 heterocycles. The first kappa shape index (κ1) is 12.3. The molecule has 0 aromatic carbocycles. The Kier molecular flexibility index (Phi) is 5.07. The minimum atomic E-state index is 0.672. The molecule has 16 heavy (non-hydrogen) atoms. The summed E-state index contributed by atoms with van der Waals surface area (Å²) in [7, 11) is 0. The second-order valence-electron chi connectivity index (χ2n) is 5.17. The van der Waals surface area contributed by atoms with Gasteiger partial charge in [0.25, 0.3) is 0 Å². The predicted molar refractivity (Wildman–Crippen MR) is 66.7 cm³/mol. The summed E-state index contributed by atoms with van der Waals surface area (Å²) in [6.45, 7) is 9.02. The first-order valence-corrected chi connectivity index (χ1v) is 6.92. The first-order valence-electron chi connectivity index (χ1n) is 6.92. The highest BCUT2D eigenvalue weighted by molar-refractivity contribution is 4.76. The maximum Gasteiger partial charge on any atom is 0.0622 e. The number of rotatable bonds is 4. The molecule has 2 rings (SSSR count). The Labute approximate surface area is 99.5 Å². The molecule has 2 atom stereocenters. The molecule has 0 radical (unpaired) electrons. The minimum Gasteiger partial charge on any atom is -0.378 e. The van der Waals surface area contributed by atoms with Crippen LogP contribution in [0.5, 0.6) is 0 Å². The standard InChI is InChI=1S/C13H26N2O/c1-2-13-11-16-9-8-15(13)7-5-12-4-3-6-14-10-12/h12-14H,2-11H2,1H3. The van der Waals surface area contributed by atoms with E-state index in [0.717, 1.165) is 25.7 Å². The Balaban J connectivity index is 1.70. The number of ether oxygens (including phenoxy) is 1. The van der Waals surface area contributed by atoms with Crippen molar-refractivity contribution in [2.24, 2.45) is 5.92 Å². The van der Waals surface area contributed by atoms with Gasteiger partial charge in [-0.1, -0.05) is 6.92 Å². The van der Waals surface area contributed by atoms with Gasteiger partial charge >= 0.3 is 0 Å². The first-order chi connectivity index (χ1) is 7.90. The van der Waals surface area contributed by atoms with Crippen molar-refractivity contribution >= 4 is 0 Å². The molecule has 3 nitrogen and oxygen atoms in total. The van der Waals surface area contributed by atoms with Gasteiger partial charge < -0.3 is 10.1 Å². The zero-order chi connectivity index (χ0) is 11.2. The third-order valence-corrected chi connectivity index (χ3v) is 4.04. The van der Waals surface area contributed by atoms with Gasteiger partial charge in [0, 0.05) is 12.6 Å². The zero-order valence-corrected chi connectivity index (χ0v) is 10.6. The minimum absolute atomic E-state index is 0.672. The molecule has 2 aliphatic heterocycles. The van der Waals surface area contributed by atoms with E-state index in [1.165, 1.54) is 45.3 Å². The van der Waals surface area contributed by atoms with Gasteiger partial charge in [0.2, 0.25) is 0 Å². The monoisotopic (exact) mass is 226 g/mol. The van der Waals surface area contributed by atoms with Gasteiger partial charge in [0.05, 0.1) is 13.2 Å². The Bertz CT molecular complexity index is 192. The van der Waals surface area contributed by atoms with E-state index >= 15 is 0 Å². The molecule has 3 heteroatoms. The van der Waals surface area contributed by atoms with Gasteiger partial charge in [-0.3, -0.25) is 4.90 Å². The molecule has 0 amide bonds. The molecule has 0 saturated carbocycles. The van der Waals surface area contributed by atoms with E-state index in [4.69, 9.17) is 4.74 Å². The van der Waals surface area contributed by atoms with E-state index in [-0.39, 0.29) is 0 Å². The van der Waals surface area contributed by atoms with Crippen molar-refractivity contribution in [3.05, 3.63) is 0 Å². The van der Waals surface area contributed by atoms with Crippen LogP contribution in [0.1, 0.15) is 32.6 Å². The highest BCUT2D eigenvalue weighted by atomic mass is 16.5. The fourth-order valence-corrected chi connectivity index (χ4v) is 2.88. The predicted octanol–water partition coefficient (Wildman–Crippen LogP) is 1.49. The molecule has 0 spiro atoms. The molecule has 2 fully saturated rings. The van der Waals surface area contributed by atoms with Crippen molar-refractivity contribution in [1.82, 2.24) is 10.2 Å². The van der Waals surface area contributed by atoms with Gasteiger partial charge in [-0.2, -0.15) is 0 Å². The molecule has 2 aliphatic rings. The number of hydrogen-bond donors (Lipinski definition) is 1. The van der Waals surface area contributed by atoms with Gasteiger partial charge in [0.15, 0.2) is 0 Å². The van der Waals surface area contributed by atoms with Gasteiger partial charge in [-0.25, -0.2) is 0 Å². The molecular weight excluding hydrogens is 200 g/mol. The van der Waals surface area contributed by atoms with Crippen molar-refractivity contribution in [3.63, 3.8) is 0 Å². The van der Waals surface area contributed by atoms with Crippen molar-refractivity contribution in [3.8, 4) is 0 Å². The molecule has 0 aromatic rings. The third kappa shape index (κ3) is 3.44. The number of piperidine rings is 1. The highest BCUT2D eigenvalue weighted by Gasteiger charge is 2.22. The van der Waals surface area contributed by atoms with E-state index in [1.807, 2.05) is 0 Å². The van der Waals surface area contributed by atoms with Crippen LogP contribution in [0.2, 0.25) is 0 Å². The second kappa shape index (κ2) is 6.58. The van der Waals surface area contributed by atoms with Crippen LogP contribution in [0, 0.1) is 5.92 Å².